The normalized spacial score (nSPS) is 15.5. The Hall–Kier alpha value is -2.95. The number of carbonyl (C=O) groups is 1. The summed E-state index contributed by atoms with van der Waals surface area (Å²) in [6, 6.07) is 15.5. The van der Waals surface area contributed by atoms with Crippen LogP contribution < -0.4 is 9.62 Å². The fraction of sp³-hybridized carbons (Fsp3) is 0.238. The molecule has 1 unspecified atom stereocenters. The number of amides is 1. The molecule has 4 rings (SSSR count). The van der Waals surface area contributed by atoms with Crippen LogP contribution in [0.25, 0.3) is 0 Å². The summed E-state index contributed by atoms with van der Waals surface area (Å²) >= 11 is 1.21. The molecule has 1 aliphatic heterocycles. The number of nitrogens with zero attached hydrogens (tertiary/aromatic N) is 3. The van der Waals surface area contributed by atoms with Gasteiger partial charge in [0.2, 0.25) is 0 Å². The van der Waals surface area contributed by atoms with E-state index < -0.39 is 16.1 Å². The van der Waals surface area contributed by atoms with Crippen LogP contribution in [0.2, 0.25) is 0 Å². The first-order valence-electron chi connectivity index (χ1n) is 9.73. The summed E-state index contributed by atoms with van der Waals surface area (Å²) < 4.78 is 27.4. The zero-order valence-electron chi connectivity index (χ0n) is 16.6. The summed E-state index contributed by atoms with van der Waals surface area (Å²) in [6.07, 6.45) is 0.372. The zero-order valence-corrected chi connectivity index (χ0v) is 18.2. The highest BCUT2D eigenvalue weighted by Crippen LogP contribution is 2.23. The molecule has 2 heterocycles. The lowest BCUT2D eigenvalue weighted by atomic mass is 10.1. The van der Waals surface area contributed by atoms with Crippen LogP contribution in [-0.4, -0.2) is 55.5 Å². The number of sulfonamides is 1. The Kier molecular flexibility index (Phi) is 6.21. The molecule has 0 aliphatic carbocycles. The average Bonchev–Trinajstić information content (AvgIpc) is 3.31. The Labute approximate surface area is 187 Å². The third kappa shape index (κ3) is 4.87. The molecule has 3 aromatic rings. The Balaban J connectivity index is 0.00000193. The number of piperazine rings is 1. The minimum absolute atomic E-state index is 0. The Morgan fingerprint density at radius 3 is 2.35 bits per heavy atom. The van der Waals surface area contributed by atoms with Crippen LogP contribution >= 0.6 is 11.3 Å². The molecule has 166 valence electrons. The van der Waals surface area contributed by atoms with E-state index in [1.54, 1.807) is 58.8 Å². The molecule has 1 amide bonds. The number of hydrogen-bond acceptors (Lipinski definition) is 7. The van der Waals surface area contributed by atoms with Crippen LogP contribution in [-0.2, 0) is 14.8 Å². The molecule has 1 aromatic heterocycles. The molecular weight excluding hydrogens is 436 g/mol. The lowest BCUT2D eigenvalue weighted by molar-refractivity contribution is -0.140. The number of aliphatic hydroxyl groups excluding tert-OH is 1. The van der Waals surface area contributed by atoms with Gasteiger partial charge >= 0.3 is 0 Å². The van der Waals surface area contributed by atoms with Gasteiger partial charge in [0.1, 0.15) is 0 Å². The number of aromatic nitrogens is 1. The Bertz CT molecular complexity index is 1120. The van der Waals surface area contributed by atoms with Crippen molar-refractivity contribution < 1.29 is 21.2 Å². The van der Waals surface area contributed by atoms with Gasteiger partial charge in [-0.1, -0.05) is 30.3 Å². The number of nitrogens with one attached hydrogen (secondary N) is 1. The molecule has 1 fully saturated rings. The molecule has 2 N–H and O–H groups in total. The van der Waals surface area contributed by atoms with Crippen molar-refractivity contribution in [3.05, 3.63) is 71.7 Å². The van der Waals surface area contributed by atoms with E-state index >= 15 is 0 Å². The van der Waals surface area contributed by atoms with Gasteiger partial charge in [0.05, 0.1) is 4.90 Å². The summed E-state index contributed by atoms with van der Waals surface area (Å²) in [5, 5.41) is 12.4. The second-order valence-corrected chi connectivity index (χ2v) is 9.64. The fourth-order valence-corrected chi connectivity index (χ4v) is 5.21. The predicted molar refractivity (Wildman–Crippen MR) is 124 cm³/mol. The molecule has 0 spiro atoms. The lowest BCUT2D eigenvalue weighted by Gasteiger charge is -2.37. The Morgan fingerprint density at radius 1 is 1.06 bits per heavy atom. The van der Waals surface area contributed by atoms with E-state index in [9.17, 15) is 18.3 Å². The van der Waals surface area contributed by atoms with Crippen LogP contribution in [0.3, 0.4) is 0 Å². The first kappa shape index (κ1) is 21.3. The third-order valence-electron chi connectivity index (χ3n) is 5.11. The second kappa shape index (κ2) is 9.04. The van der Waals surface area contributed by atoms with Gasteiger partial charge < -0.3 is 14.9 Å². The van der Waals surface area contributed by atoms with E-state index in [2.05, 4.69) is 14.6 Å². The van der Waals surface area contributed by atoms with Crippen molar-refractivity contribution in [2.75, 3.05) is 35.8 Å². The molecule has 0 saturated carbocycles. The first-order valence-corrected chi connectivity index (χ1v) is 12.1. The number of anilines is 2. The highest BCUT2D eigenvalue weighted by Gasteiger charge is 2.27. The molecule has 31 heavy (non-hydrogen) atoms. The molecule has 0 radical (unpaired) electrons. The van der Waals surface area contributed by atoms with E-state index in [-0.39, 0.29) is 13.7 Å². The Morgan fingerprint density at radius 2 is 1.74 bits per heavy atom. The maximum absolute atomic E-state index is 12.6. The number of hydrogen-bond donors (Lipinski definition) is 2. The van der Waals surface area contributed by atoms with Gasteiger partial charge in [-0.05, 0) is 29.8 Å². The van der Waals surface area contributed by atoms with Crippen molar-refractivity contribution in [2.45, 2.75) is 11.0 Å². The zero-order chi connectivity index (χ0) is 21.8. The second-order valence-electron chi connectivity index (χ2n) is 7.06. The molecule has 1 atom stereocenters. The van der Waals surface area contributed by atoms with Gasteiger partial charge in [0.15, 0.2) is 11.2 Å². The molecule has 0 bridgehead atoms. The lowest BCUT2D eigenvalue weighted by Crippen LogP contribution is -2.50. The average molecular weight is 463 g/mol. The van der Waals surface area contributed by atoms with E-state index in [0.29, 0.717) is 36.9 Å². The largest absolute Gasteiger partial charge is 0.378 e. The molecule has 1 saturated heterocycles. The highest BCUT2D eigenvalue weighted by molar-refractivity contribution is 7.93. The SMILES string of the molecule is O=C(C(O)c1ccccc1)N1CCN(c2ccc(S(=O)(=O)Nc3nccs3)cc2)CC1.[HH].[HH]. The van der Waals surface area contributed by atoms with Crippen LogP contribution in [0.15, 0.2) is 71.1 Å². The molecule has 1 aliphatic rings. The van der Waals surface area contributed by atoms with Gasteiger partial charge in [-0.3, -0.25) is 9.52 Å². The van der Waals surface area contributed by atoms with Crippen LogP contribution in [0.5, 0.6) is 0 Å². The van der Waals surface area contributed by atoms with E-state index in [1.165, 1.54) is 17.5 Å². The molecular formula is C21H26N4O4S2. The van der Waals surface area contributed by atoms with Crippen molar-refractivity contribution in [3.63, 3.8) is 0 Å². The fourth-order valence-electron chi connectivity index (χ4n) is 3.42. The van der Waals surface area contributed by atoms with E-state index in [1.807, 2.05) is 6.07 Å². The highest BCUT2D eigenvalue weighted by atomic mass is 32.2. The van der Waals surface area contributed by atoms with Crippen molar-refractivity contribution in [1.82, 2.24) is 9.88 Å². The number of aliphatic hydroxyl groups is 1. The van der Waals surface area contributed by atoms with Crippen molar-refractivity contribution in [3.8, 4) is 0 Å². The summed E-state index contributed by atoms with van der Waals surface area (Å²) in [6.45, 7) is 2.15. The van der Waals surface area contributed by atoms with Crippen LogP contribution in [0.4, 0.5) is 10.8 Å². The van der Waals surface area contributed by atoms with Crippen molar-refractivity contribution >= 4 is 38.1 Å². The topological polar surface area (TPSA) is 103 Å². The smallest absolute Gasteiger partial charge is 0.263 e. The van der Waals surface area contributed by atoms with Crippen molar-refractivity contribution in [2.24, 2.45) is 0 Å². The molecule has 8 nitrogen and oxygen atoms in total. The van der Waals surface area contributed by atoms with Gasteiger partial charge in [-0.25, -0.2) is 13.4 Å². The predicted octanol–water partition coefficient (Wildman–Crippen LogP) is 2.82. The van der Waals surface area contributed by atoms with E-state index in [0.717, 1.165) is 5.69 Å². The maximum Gasteiger partial charge on any atom is 0.263 e. The van der Waals surface area contributed by atoms with E-state index in [4.69, 9.17) is 0 Å². The minimum atomic E-state index is -3.69. The first-order chi connectivity index (χ1) is 14.9. The number of thiazole rings is 1. The minimum Gasteiger partial charge on any atom is -0.378 e. The summed E-state index contributed by atoms with van der Waals surface area (Å²) in [7, 11) is -3.69. The molecule has 2 aromatic carbocycles. The maximum atomic E-state index is 12.6. The number of benzene rings is 2. The summed E-state index contributed by atoms with van der Waals surface area (Å²) in [4.78, 5) is 20.5. The summed E-state index contributed by atoms with van der Waals surface area (Å²) in [5.74, 6) is -0.305. The quantitative estimate of drug-likeness (QED) is 0.584. The molecule has 10 heteroatoms. The van der Waals surface area contributed by atoms with Gasteiger partial charge in [-0.15, -0.1) is 11.3 Å². The number of rotatable bonds is 6. The third-order valence-corrected chi connectivity index (χ3v) is 7.28. The van der Waals surface area contributed by atoms with Crippen molar-refractivity contribution in [1.29, 1.82) is 0 Å². The number of carbonyl (C=O) groups excluding carboxylic acids is 1. The van der Waals surface area contributed by atoms with Crippen LogP contribution in [0, 0.1) is 0 Å². The monoisotopic (exact) mass is 462 g/mol. The van der Waals surface area contributed by atoms with Gasteiger partial charge in [-0.2, -0.15) is 0 Å². The van der Waals surface area contributed by atoms with Gasteiger partial charge in [0.25, 0.3) is 15.9 Å². The van der Waals surface area contributed by atoms with Crippen LogP contribution in [0.1, 0.15) is 14.5 Å². The van der Waals surface area contributed by atoms with Gasteiger partial charge in [0, 0.05) is 46.3 Å². The summed E-state index contributed by atoms with van der Waals surface area (Å²) in [5.41, 5.74) is 1.46. The standard InChI is InChI=1S/C21H22N4O4S2.2H2/c26-19(16-4-2-1-3-5-16)20(27)25-13-11-24(12-14-25)17-6-8-18(9-7-17)31(28,29)23-21-22-10-15-30-21;;/h1-10,15,19,26H,11-14H2,(H,22,23);2*1H.